The molecule has 2 aromatic carbocycles. The normalized spacial score (nSPS) is 12.4. The molecule has 0 saturated carbocycles. The number of aryl methyl sites for hydroxylation is 1. The van der Waals surface area contributed by atoms with Crippen molar-refractivity contribution >= 4 is 11.6 Å². The predicted octanol–water partition coefficient (Wildman–Crippen LogP) is 5.27. The molecule has 0 aromatic heterocycles. The SMILES string of the molecule is Fc1cccc(CCCC(Cl)c2ccccc2)c1F. The maximum atomic E-state index is 13.4. The summed E-state index contributed by atoms with van der Waals surface area (Å²) >= 11 is 6.28. The maximum absolute atomic E-state index is 13.4. The fourth-order valence-corrected chi connectivity index (χ4v) is 2.34. The minimum Gasteiger partial charge on any atom is -0.204 e. The fraction of sp³-hybridized carbons (Fsp3) is 0.250. The summed E-state index contributed by atoms with van der Waals surface area (Å²) in [5, 5.41) is -0.0854. The van der Waals surface area contributed by atoms with Gasteiger partial charge in [-0.3, -0.25) is 0 Å². The molecular weight excluding hydrogens is 266 g/mol. The van der Waals surface area contributed by atoms with Crippen molar-refractivity contribution in [3.05, 3.63) is 71.3 Å². The Morgan fingerprint density at radius 2 is 1.68 bits per heavy atom. The summed E-state index contributed by atoms with van der Waals surface area (Å²) in [5.41, 5.74) is 1.47. The first-order chi connectivity index (χ1) is 9.18. The number of alkyl halides is 1. The molecule has 0 nitrogen and oxygen atoms in total. The van der Waals surface area contributed by atoms with Gasteiger partial charge in [0.1, 0.15) is 0 Å². The Kier molecular flexibility index (Phi) is 4.92. The molecule has 0 aliphatic heterocycles. The van der Waals surface area contributed by atoms with Crippen molar-refractivity contribution in [1.29, 1.82) is 0 Å². The van der Waals surface area contributed by atoms with Crippen LogP contribution in [0.4, 0.5) is 8.78 Å². The Morgan fingerprint density at radius 3 is 2.42 bits per heavy atom. The highest BCUT2D eigenvalue weighted by Crippen LogP contribution is 2.26. The zero-order valence-electron chi connectivity index (χ0n) is 10.5. The number of halogens is 3. The molecule has 19 heavy (non-hydrogen) atoms. The molecule has 0 fully saturated rings. The van der Waals surface area contributed by atoms with E-state index in [1.54, 1.807) is 6.07 Å². The average molecular weight is 281 g/mol. The Hall–Kier alpha value is -1.41. The van der Waals surface area contributed by atoms with Crippen molar-refractivity contribution in [2.24, 2.45) is 0 Å². The van der Waals surface area contributed by atoms with Gasteiger partial charge in [-0.05, 0) is 36.5 Å². The third-order valence-electron chi connectivity index (χ3n) is 3.10. The third kappa shape index (κ3) is 3.77. The molecule has 0 N–H and O–H groups in total. The summed E-state index contributed by atoms with van der Waals surface area (Å²) in [7, 11) is 0. The van der Waals surface area contributed by atoms with Crippen LogP contribution in [0.5, 0.6) is 0 Å². The Morgan fingerprint density at radius 1 is 0.947 bits per heavy atom. The van der Waals surface area contributed by atoms with E-state index in [0.717, 1.165) is 24.5 Å². The van der Waals surface area contributed by atoms with E-state index in [2.05, 4.69) is 0 Å². The van der Waals surface area contributed by atoms with Gasteiger partial charge in [0.15, 0.2) is 11.6 Å². The molecule has 0 radical (unpaired) electrons. The van der Waals surface area contributed by atoms with Crippen LogP contribution in [0.1, 0.15) is 29.3 Å². The standard InChI is InChI=1S/C16H15ClF2/c17-14(12-6-2-1-3-7-12)10-4-8-13-9-5-11-15(18)16(13)19/h1-3,5-7,9,11,14H,4,8,10H2. The maximum Gasteiger partial charge on any atom is 0.162 e. The monoisotopic (exact) mass is 280 g/mol. The molecule has 2 aromatic rings. The fourth-order valence-electron chi connectivity index (χ4n) is 2.04. The van der Waals surface area contributed by atoms with Crippen LogP contribution in [0.25, 0.3) is 0 Å². The van der Waals surface area contributed by atoms with Crippen LogP contribution in [0, 0.1) is 11.6 Å². The van der Waals surface area contributed by atoms with E-state index in [4.69, 9.17) is 11.6 Å². The van der Waals surface area contributed by atoms with Crippen molar-refractivity contribution in [2.45, 2.75) is 24.6 Å². The quantitative estimate of drug-likeness (QED) is 0.655. The van der Waals surface area contributed by atoms with Gasteiger partial charge in [-0.1, -0.05) is 42.5 Å². The minimum absolute atomic E-state index is 0.0854. The lowest BCUT2D eigenvalue weighted by molar-refractivity contribution is 0.496. The summed E-state index contributed by atoms with van der Waals surface area (Å²) < 4.78 is 26.5. The largest absolute Gasteiger partial charge is 0.204 e. The van der Waals surface area contributed by atoms with Crippen LogP contribution < -0.4 is 0 Å². The van der Waals surface area contributed by atoms with Gasteiger partial charge in [0.2, 0.25) is 0 Å². The molecule has 0 aliphatic rings. The van der Waals surface area contributed by atoms with Crippen molar-refractivity contribution in [3.63, 3.8) is 0 Å². The van der Waals surface area contributed by atoms with E-state index in [1.165, 1.54) is 6.07 Å². The molecule has 0 amide bonds. The van der Waals surface area contributed by atoms with Crippen LogP contribution >= 0.6 is 11.6 Å². The van der Waals surface area contributed by atoms with Crippen LogP contribution in [0.3, 0.4) is 0 Å². The Balaban J connectivity index is 1.88. The molecule has 100 valence electrons. The average Bonchev–Trinajstić information content (AvgIpc) is 2.44. The Bertz CT molecular complexity index is 526. The summed E-state index contributed by atoms with van der Waals surface area (Å²) in [4.78, 5) is 0. The first kappa shape index (κ1) is 14.0. The van der Waals surface area contributed by atoms with Crippen LogP contribution in [-0.2, 0) is 6.42 Å². The topological polar surface area (TPSA) is 0 Å². The van der Waals surface area contributed by atoms with Crippen molar-refractivity contribution < 1.29 is 8.78 Å². The molecule has 0 bridgehead atoms. The van der Waals surface area contributed by atoms with E-state index in [0.29, 0.717) is 12.0 Å². The van der Waals surface area contributed by atoms with Gasteiger partial charge in [-0.25, -0.2) is 8.78 Å². The molecule has 2 rings (SSSR count). The summed E-state index contributed by atoms with van der Waals surface area (Å²) in [6.45, 7) is 0. The summed E-state index contributed by atoms with van der Waals surface area (Å²) in [6.07, 6.45) is 1.96. The molecule has 0 heterocycles. The van der Waals surface area contributed by atoms with E-state index >= 15 is 0 Å². The van der Waals surface area contributed by atoms with Gasteiger partial charge in [0.25, 0.3) is 0 Å². The van der Waals surface area contributed by atoms with E-state index in [1.807, 2.05) is 30.3 Å². The van der Waals surface area contributed by atoms with Gasteiger partial charge in [0, 0.05) is 0 Å². The van der Waals surface area contributed by atoms with E-state index in [-0.39, 0.29) is 5.38 Å². The van der Waals surface area contributed by atoms with E-state index < -0.39 is 11.6 Å². The van der Waals surface area contributed by atoms with Gasteiger partial charge in [0.05, 0.1) is 5.38 Å². The zero-order valence-corrected chi connectivity index (χ0v) is 11.2. The van der Waals surface area contributed by atoms with Crippen LogP contribution in [-0.4, -0.2) is 0 Å². The number of hydrogen-bond acceptors (Lipinski definition) is 0. The van der Waals surface area contributed by atoms with Crippen LogP contribution in [0.2, 0.25) is 0 Å². The lowest BCUT2D eigenvalue weighted by atomic mass is 10.0. The molecule has 0 spiro atoms. The predicted molar refractivity (Wildman–Crippen MR) is 74.3 cm³/mol. The van der Waals surface area contributed by atoms with E-state index in [9.17, 15) is 8.78 Å². The van der Waals surface area contributed by atoms with Gasteiger partial charge < -0.3 is 0 Å². The van der Waals surface area contributed by atoms with Crippen LogP contribution in [0.15, 0.2) is 48.5 Å². The number of hydrogen-bond donors (Lipinski definition) is 0. The molecule has 3 heteroatoms. The van der Waals surface area contributed by atoms with Gasteiger partial charge in [-0.2, -0.15) is 0 Å². The molecule has 0 saturated heterocycles. The van der Waals surface area contributed by atoms with Gasteiger partial charge in [-0.15, -0.1) is 11.6 Å². The number of rotatable bonds is 5. The van der Waals surface area contributed by atoms with Crippen molar-refractivity contribution in [3.8, 4) is 0 Å². The second-order valence-electron chi connectivity index (χ2n) is 4.48. The highest BCUT2D eigenvalue weighted by atomic mass is 35.5. The summed E-state index contributed by atoms with van der Waals surface area (Å²) in [5.74, 6) is -1.53. The smallest absolute Gasteiger partial charge is 0.162 e. The molecular formula is C16H15ClF2. The minimum atomic E-state index is -0.789. The van der Waals surface area contributed by atoms with Crippen molar-refractivity contribution in [2.75, 3.05) is 0 Å². The molecule has 1 unspecified atom stereocenters. The lowest BCUT2D eigenvalue weighted by Gasteiger charge is -2.10. The highest BCUT2D eigenvalue weighted by Gasteiger charge is 2.10. The van der Waals surface area contributed by atoms with Gasteiger partial charge >= 0.3 is 0 Å². The first-order valence-corrected chi connectivity index (χ1v) is 6.74. The second kappa shape index (κ2) is 6.67. The highest BCUT2D eigenvalue weighted by molar-refractivity contribution is 6.20. The molecule has 1 atom stereocenters. The lowest BCUT2D eigenvalue weighted by Crippen LogP contribution is -1.96. The first-order valence-electron chi connectivity index (χ1n) is 6.30. The molecule has 0 aliphatic carbocycles. The summed E-state index contributed by atoms with van der Waals surface area (Å²) in [6, 6.07) is 14.0. The zero-order chi connectivity index (χ0) is 13.7. The Labute approximate surface area is 117 Å². The second-order valence-corrected chi connectivity index (χ2v) is 5.01. The van der Waals surface area contributed by atoms with Crippen molar-refractivity contribution in [1.82, 2.24) is 0 Å². The number of benzene rings is 2. The third-order valence-corrected chi connectivity index (χ3v) is 3.57.